The van der Waals surface area contributed by atoms with Crippen LogP contribution in [0.4, 0.5) is 0 Å². The zero-order valence-electron chi connectivity index (χ0n) is 14.1. The summed E-state index contributed by atoms with van der Waals surface area (Å²) in [4.78, 5) is 37.1. The van der Waals surface area contributed by atoms with Gasteiger partial charge in [0, 0.05) is 19.0 Å². The minimum atomic E-state index is -1.18. The number of ether oxygens (including phenoxy) is 1. The topological polar surface area (TPSA) is 97.1 Å². The van der Waals surface area contributed by atoms with Crippen molar-refractivity contribution < 1.29 is 23.8 Å². The summed E-state index contributed by atoms with van der Waals surface area (Å²) < 4.78 is 10.2. The van der Waals surface area contributed by atoms with Crippen molar-refractivity contribution in [3.63, 3.8) is 0 Å². The fourth-order valence-electron chi connectivity index (χ4n) is 2.81. The van der Waals surface area contributed by atoms with Gasteiger partial charge in [-0.2, -0.15) is 0 Å². The van der Waals surface area contributed by atoms with Gasteiger partial charge < -0.3 is 19.2 Å². The first-order valence-corrected chi connectivity index (χ1v) is 7.97. The van der Waals surface area contributed by atoms with Crippen LogP contribution in [0, 0.1) is 0 Å². The van der Waals surface area contributed by atoms with Crippen molar-refractivity contribution in [3.05, 3.63) is 58.4 Å². The average molecular weight is 355 g/mol. The number of benzene rings is 2. The van der Waals surface area contributed by atoms with Crippen molar-refractivity contribution in [2.45, 2.75) is 0 Å². The Labute approximate surface area is 148 Å². The molecule has 0 fully saturated rings. The summed E-state index contributed by atoms with van der Waals surface area (Å²) in [7, 11) is 1.44. The lowest BCUT2D eigenvalue weighted by Crippen LogP contribution is -2.39. The molecule has 0 spiro atoms. The van der Waals surface area contributed by atoms with Crippen molar-refractivity contribution in [2.24, 2.45) is 0 Å². The van der Waals surface area contributed by atoms with E-state index in [0.29, 0.717) is 11.0 Å². The maximum Gasteiger partial charge on any atom is 0.349 e. The Morgan fingerprint density at radius 2 is 1.92 bits per heavy atom. The van der Waals surface area contributed by atoms with Crippen LogP contribution in [0.1, 0.15) is 10.4 Å². The van der Waals surface area contributed by atoms with Crippen molar-refractivity contribution >= 4 is 33.6 Å². The van der Waals surface area contributed by atoms with E-state index in [1.165, 1.54) is 13.2 Å². The molecule has 26 heavy (non-hydrogen) atoms. The highest BCUT2D eigenvalue weighted by Crippen LogP contribution is 2.25. The molecule has 1 heterocycles. The number of rotatable bonds is 6. The third-order valence-electron chi connectivity index (χ3n) is 4.05. The average Bonchev–Trinajstić information content (AvgIpc) is 2.63. The number of carboxylic acid groups (broad SMARTS) is 1. The number of carboxylic acids is 1. The quantitative estimate of drug-likeness (QED) is 0.537. The summed E-state index contributed by atoms with van der Waals surface area (Å²) >= 11 is 0. The highest BCUT2D eigenvalue weighted by atomic mass is 16.5. The highest BCUT2D eigenvalue weighted by Gasteiger charge is 2.23. The molecule has 1 N–H and O–H groups in total. The van der Waals surface area contributed by atoms with E-state index in [4.69, 9.17) is 14.3 Å². The smallest absolute Gasteiger partial charge is 0.349 e. The molecule has 3 rings (SSSR count). The Kier molecular flexibility index (Phi) is 4.99. The summed E-state index contributed by atoms with van der Waals surface area (Å²) in [5.74, 6) is -1.88. The van der Waals surface area contributed by atoms with Crippen LogP contribution in [-0.2, 0) is 9.53 Å². The van der Waals surface area contributed by atoms with Gasteiger partial charge in [-0.15, -0.1) is 0 Å². The van der Waals surface area contributed by atoms with Crippen molar-refractivity contribution in [1.29, 1.82) is 0 Å². The summed E-state index contributed by atoms with van der Waals surface area (Å²) in [6.45, 7) is -0.329. The minimum absolute atomic E-state index is 0.0502. The maximum absolute atomic E-state index is 12.7. The van der Waals surface area contributed by atoms with Gasteiger partial charge in [-0.25, -0.2) is 4.79 Å². The third kappa shape index (κ3) is 3.43. The van der Waals surface area contributed by atoms with Crippen molar-refractivity contribution in [3.8, 4) is 0 Å². The van der Waals surface area contributed by atoms with E-state index in [-0.39, 0.29) is 18.7 Å². The molecule has 0 bridgehead atoms. The number of carbonyl (C=O) groups is 2. The molecule has 0 aliphatic carbocycles. The van der Waals surface area contributed by atoms with Crippen LogP contribution < -0.4 is 5.63 Å². The first kappa shape index (κ1) is 17.6. The Balaban J connectivity index is 2.11. The van der Waals surface area contributed by atoms with Crippen LogP contribution in [0.25, 0.3) is 21.7 Å². The van der Waals surface area contributed by atoms with E-state index in [9.17, 15) is 14.4 Å². The van der Waals surface area contributed by atoms with Crippen LogP contribution in [0.2, 0.25) is 0 Å². The Bertz CT molecular complexity index is 1040. The highest BCUT2D eigenvalue weighted by molar-refractivity contribution is 6.08. The van der Waals surface area contributed by atoms with Crippen LogP contribution >= 0.6 is 0 Å². The fourth-order valence-corrected chi connectivity index (χ4v) is 2.81. The van der Waals surface area contributed by atoms with Gasteiger partial charge in [0.2, 0.25) is 0 Å². The second-order valence-electron chi connectivity index (χ2n) is 5.76. The van der Waals surface area contributed by atoms with E-state index in [2.05, 4.69) is 0 Å². The second kappa shape index (κ2) is 7.37. The Morgan fingerprint density at radius 1 is 1.15 bits per heavy atom. The third-order valence-corrected chi connectivity index (χ3v) is 4.05. The number of hydrogen-bond donors (Lipinski definition) is 1. The van der Waals surface area contributed by atoms with E-state index in [1.54, 1.807) is 6.07 Å². The van der Waals surface area contributed by atoms with Crippen molar-refractivity contribution in [2.75, 3.05) is 26.8 Å². The van der Waals surface area contributed by atoms with Crippen LogP contribution in [0.3, 0.4) is 0 Å². The summed E-state index contributed by atoms with van der Waals surface area (Å²) in [5.41, 5.74) is -0.635. The zero-order valence-corrected chi connectivity index (χ0v) is 14.1. The molecule has 0 unspecified atom stereocenters. The molecule has 0 aliphatic rings. The van der Waals surface area contributed by atoms with Crippen molar-refractivity contribution in [1.82, 2.24) is 4.90 Å². The molecule has 7 heteroatoms. The molecule has 0 saturated heterocycles. The molecule has 134 valence electrons. The van der Waals surface area contributed by atoms with E-state index in [0.717, 1.165) is 15.7 Å². The number of nitrogens with zero attached hydrogens (tertiary/aromatic N) is 1. The van der Waals surface area contributed by atoms with Gasteiger partial charge in [0.1, 0.15) is 17.7 Å². The Morgan fingerprint density at radius 3 is 2.65 bits per heavy atom. The number of methoxy groups -OCH3 is 1. The SMILES string of the molecule is COCCN(CC(=O)O)C(=O)c1cc2c(ccc3ccccc32)oc1=O. The molecule has 0 saturated carbocycles. The van der Waals surface area contributed by atoms with E-state index >= 15 is 0 Å². The molecule has 0 atom stereocenters. The molecule has 0 radical (unpaired) electrons. The molecule has 3 aromatic rings. The summed E-state index contributed by atoms with van der Waals surface area (Å²) in [6, 6.07) is 12.5. The van der Waals surface area contributed by atoms with Gasteiger partial charge in [0.25, 0.3) is 5.91 Å². The number of aliphatic carboxylic acids is 1. The lowest BCUT2D eigenvalue weighted by atomic mass is 10.0. The first-order chi connectivity index (χ1) is 12.5. The fraction of sp³-hybridized carbons (Fsp3) is 0.211. The van der Waals surface area contributed by atoms with Crippen LogP contribution in [0.5, 0.6) is 0 Å². The molecular weight excluding hydrogens is 338 g/mol. The summed E-state index contributed by atoms with van der Waals surface area (Å²) in [6.07, 6.45) is 0. The standard InChI is InChI=1S/C19H17NO6/c1-25-9-8-20(11-17(21)22)18(23)15-10-14-13-5-3-2-4-12(13)6-7-16(14)26-19(15)24/h2-7,10H,8-9,11H2,1H3,(H,21,22). The summed E-state index contributed by atoms with van der Waals surface area (Å²) in [5, 5.41) is 11.4. The molecule has 7 nitrogen and oxygen atoms in total. The molecular formula is C19H17NO6. The van der Waals surface area contributed by atoms with Crippen LogP contribution in [-0.4, -0.2) is 48.7 Å². The van der Waals surface area contributed by atoms with Gasteiger partial charge in [-0.05, 0) is 22.9 Å². The minimum Gasteiger partial charge on any atom is -0.480 e. The van der Waals surface area contributed by atoms with Gasteiger partial charge in [0.15, 0.2) is 0 Å². The molecule has 1 aromatic heterocycles. The Hall–Kier alpha value is -3.19. The van der Waals surface area contributed by atoms with Gasteiger partial charge in [0.05, 0.1) is 6.61 Å². The van der Waals surface area contributed by atoms with Gasteiger partial charge in [-0.3, -0.25) is 9.59 Å². The van der Waals surface area contributed by atoms with Gasteiger partial charge in [-0.1, -0.05) is 30.3 Å². The number of amides is 1. The van der Waals surface area contributed by atoms with E-state index in [1.807, 2.05) is 30.3 Å². The first-order valence-electron chi connectivity index (χ1n) is 7.97. The lowest BCUT2D eigenvalue weighted by molar-refractivity contribution is -0.137. The lowest BCUT2D eigenvalue weighted by Gasteiger charge is -2.19. The molecule has 2 aromatic carbocycles. The predicted octanol–water partition coefficient (Wildman–Crippen LogP) is 2.12. The largest absolute Gasteiger partial charge is 0.480 e. The zero-order chi connectivity index (χ0) is 18.7. The monoisotopic (exact) mass is 355 g/mol. The van der Waals surface area contributed by atoms with Crippen LogP contribution in [0.15, 0.2) is 51.7 Å². The second-order valence-corrected chi connectivity index (χ2v) is 5.76. The molecule has 1 amide bonds. The predicted molar refractivity (Wildman–Crippen MR) is 95.4 cm³/mol. The van der Waals surface area contributed by atoms with E-state index < -0.39 is 24.0 Å². The number of carbonyl (C=O) groups excluding carboxylic acids is 1. The normalized spacial score (nSPS) is 11.0. The maximum atomic E-state index is 12.7. The number of fused-ring (bicyclic) bond motifs is 3. The molecule has 0 aliphatic heterocycles. The number of hydrogen-bond acceptors (Lipinski definition) is 5. The van der Waals surface area contributed by atoms with Gasteiger partial charge >= 0.3 is 11.6 Å².